The van der Waals surface area contributed by atoms with Crippen LogP contribution in [0.1, 0.15) is 34.7 Å². The Balaban J connectivity index is 1.48. The smallest absolute Gasteiger partial charge is 0.127 e. The standard InChI is InChI=1S/C23H23N5/c1-28-14-25-12-18(28)13-26-17-7-9-22-16(10-17)11-21(23(24)27-22)20-8-6-15-4-2-3-5-19(15)20/h2-5,7,9-12,14,20,26H,6,8,13H2,1H3,(H2,24,27)/t20-/m1/s1. The van der Waals surface area contributed by atoms with Crippen molar-refractivity contribution in [2.45, 2.75) is 25.3 Å². The van der Waals surface area contributed by atoms with Crippen molar-refractivity contribution in [3.05, 3.63) is 83.4 Å². The Kier molecular flexibility index (Phi) is 4.01. The molecule has 140 valence electrons. The fourth-order valence-corrected chi connectivity index (χ4v) is 4.22. The molecule has 1 aliphatic rings. The zero-order valence-electron chi connectivity index (χ0n) is 15.9. The number of nitrogens with two attached hydrogens (primary N) is 1. The summed E-state index contributed by atoms with van der Waals surface area (Å²) in [5, 5.41) is 4.59. The van der Waals surface area contributed by atoms with Crippen LogP contribution in [0, 0.1) is 0 Å². The van der Waals surface area contributed by atoms with E-state index in [4.69, 9.17) is 10.7 Å². The SMILES string of the molecule is Cn1cncc1CNc1ccc2nc(N)c([C@@H]3CCc4ccccc43)cc2c1. The molecular weight excluding hydrogens is 346 g/mol. The molecule has 0 radical (unpaired) electrons. The van der Waals surface area contributed by atoms with Crippen molar-refractivity contribution in [1.29, 1.82) is 0 Å². The van der Waals surface area contributed by atoms with Gasteiger partial charge in [-0.2, -0.15) is 0 Å². The lowest BCUT2D eigenvalue weighted by molar-refractivity contribution is 0.788. The number of aryl methyl sites for hydroxylation is 2. The number of benzene rings is 2. The molecule has 0 unspecified atom stereocenters. The highest BCUT2D eigenvalue weighted by molar-refractivity contribution is 5.85. The van der Waals surface area contributed by atoms with Gasteiger partial charge in [0.05, 0.1) is 24.1 Å². The maximum Gasteiger partial charge on any atom is 0.127 e. The summed E-state index contributed by atoms with van der Waals surface area (Å²) < 4.78 is 2.02. The summed E-state index contributed by atoms with van der Waals surface area (Å²) >= 11 is 0. The first-order valence-corrected chi connectivity index (χ1v) is 9.66. The molecule has 2 aromatic carbocycles. The van der Waals surface area contributed by atoms with Gasteiger partial charge in [0, 0.05) is 35.8 Å². The van der Waals surface area contributed by atoms with Gasteiger partial charge in [-0.15, -0.1) is 0 Å². The number of pyridine rings is 1. The lowest BCUT2D eigenvalue weighted by atomic mass is 9.92. The number of nitrogens with zero attached hydrogens (tertiary/aromatic N) is 3. The molecule has 0 fully saturated rings. The predicted octanol–water partition coefficient (Wildman–Crippen LogP) is 4.24. The third kappa shape index (κ3) is 2.89. The zero-order valence-corrected chi connectivity index (χ0v) is 15.9. The summed E-state index contributed by atoms with van der Waals surface area (Å²) in [5.41, 5.74) is 13.5. The second kappa shape index (κ2) is 6.68. The van der Waals surface area contributed by atoms with E-state index >= 15 is 0 Å². The number of hydrogen-bond acceptors (Lipinski definition) is 4. The predicted molar refractivity (Wildman–Crippen MR) is 113 cm³/mol. The summed E-state index contributed by atoms with van der Waals surface area (Å²) in [6.07, 6.45) is 5.89. The average molecular weight is 369 g/mol. The number of imidazole rings is 1. The number of nitrogen functional groups attached to an aromatic ring is 1. The molecule has 5 heteroatoms. The molecule has 4 aromatic rings. The third-order valence-corrected chi connectivity index (χ3v) is 5.77. The monoisotopic (exact) mass is 369 g/mol. The highest BCUT2D eigenvalue weighted by Crippen LogP contribution is 2.40. The second-order valence-electron chi connectivity index (χ2n) is 7.51. The van der Waals surface area contributed by atoms with E-state index in [1.54, 1.807) is 0 Å². The summed E-state index contributed by atoms with van der Waals surface area (Å²) in [6.45, 7) is 0.729. The zero-order chi connectivity index (χ0) is 19.1. The maximum absolute atomic E-state index is 6.36. The van der Waals surface area contributed by atoms with Crippen molar-refractivity contribution >= 4 is 22.4 Å². The Morgan fingerprint density at radius 2 is 2.04 bits per heavy atom. The van der Waals surface area contributed by atoms with Gasteiger partial charge in [0.1, 0.15) is 5.82 Å². The van der Waals surface area contributed by atoms with Crippen LogP contribution in [0.5, 0.6) is 0 Å². The number of rotatable bonds is 4. The minimum absolute atomic E-state index is 0.333. The van der Waals surface area contributed by atoms with Gasteiger partial charge in [0.25, 0.3) is 0 Å². The van der Waals surface area contributed by atoms with Gasteiger partial charge in [-0.25, -0.2) is 9.97 Å². The van der Waals surface area contributed by atoms with Crippen molar-refractivity contribution < 1.29 is 0 Å². The van der Waals surface area contributed by atoms with Crippen molar-refractivity contribution in [3.8, 4) is 0 Å². The Bertz CT molecular complexity index is 1160. The first-order chi connectivity index (χ1) is 13.7. The van der Waals surface area contributed by atoms with Gasteiger partial charge in [-0.3, -0.25) is 0 Å². The molecule has 0 amide bonds. The molecular formula is C23H23N5. The Morgan fingerprint density at radius 1 is 1.14 bits per heavy atom. The van der Waals surface area contributed by atoms with Crippen molar-refractivity contribution in [2.24, 2.45) is 7.05 Å². The molecule has 2 aromatic heterocycles. The van der Waals surface area contributed by atoms with E-state index in [1.165, 1.54) is 11.1 Å². The molecule has 2 heterocycles. The van der Waals surface area contributed by atoms with Crippen LogP contribution in [-0.2, 0) is 20.0 Å². The van der Waals surface area contributed by atoms with Gasteiger partial charge in [0.15, 0.2) is 0 Å². The second-order valence-corrected chi connectivity index (χ2v) is 7.51. The summed E-state index contributed by atoms with van der Waals surface area (Å²) in [6, 6.07) is 17.1. The van der Waals surface area contributed by atoms with Crippen LogP contribution < -0.4 is 11.1 Å². The molecule has 3 N–H and O–H groups in total. The van der Waals surface area contributed by atoms with E-state index in [9.17, 15) is 0 Å². The van der Waals surface area contributed by atoms with Gasteiger partial charge < -0.3 is 15.6 Å². The van der Waals surface area contributed by atoms with Crippen LogP contribution in [0.4, 0.5) is 11.5 Å². The molecule has 0 saturated carbocycles. The van der Waals surface area contributed by atoms with Crippen LogP contribution >= 0.6 is 0 Å². The molecule has 0 aliphatic heterocycles. The van der Waals surface area contributed by atoms with Crippen LogP contribution in [0.3, 0.4) is 0 Å². The fourth-order valence-electron chi connectivity index (χ4n) is 4.22. The average Bonchev–Trinajstić information content (AvgIpc) is 3.32. The molecule has 1 atom stereocenters. The topological polar surface area (TPSA) is 68.8 Å². The van der Waals surface area contributed by atoms with Gasteiger partial charge in [-0.05, 0) is 48.2 Å². The van der Waals surface area contributed by atoms with Crippen LogP contribution in [0.15, 0.2) is 61.1 Å². The minimum Gasteiger partial charge on any atom is -0.383 e. The van der Waals surface area contributed by atoms with E-state index in [1.807, 2.05) is 30.2 Å². The first-order valence-electron chi connectivity index (χ1n) is 9.66. The van der Waals surface area contributed by atoms with E-state index in [0.29, 0.717) is 11.7 Å². The van der Waals surface area contributed by atoms with Crippen LogP contribution in [0.2, 0.25) is 0 Å². The lowest BCUT2D eigenvalue weighted by Gasteiger charge is -2.16. The number of fused-ring (bicyclic) bond motifs is 2. The number of hydrogen-bond donors (Lipinski definition) is 2. The molecule has 0 bridgehead atoms. The van der Waals surface area contributed by atoms with Crippen LogP contribution in [0.25, 0.3) is 10.9 Å². The van der Waals surface area contributed by atoms with Gasteiger partial charge in [0.2, 0.25) is 0 Å². The van der Waals surface area contributed by atoms with Crippen molar-refractivity contribution in [2.75, 3.05) is 11.1 Å². The molecule has 0 saturated heterocycles. The highest BCUT2D eigenvalue weighted by atomic mass is 15.0. The van der Waals surface area contributed by atoms with Crippen LogP contribution in [-0.4, -0.2) is 14.5 Å². The summed E-state index contributed by atoms with van der Waals surface area (Å²) in [7, 11) is 2.00. The third-order valence-electron chi connectivity index (χ3n) is 5.77. The molecule has 0 spiro atoms. The molecule has 28 heavy (non-hydrogen) atoms. The van der Waals surface area contributed by atoms with Gasteiger partial charge in [-0.1, -0.05) is 24.3 Å². The van der Waals surface area contributed by atoms with E-state index < -0.39 is 0 Å². The molecule has 1 aliphatic carbocycles. The highest BCUT2D eigenvalue weighted by Gasteiger charge is 2.25. The van der Waals surface area contributed by atoms with Crippen molar-refractivity contribution in [3.63, 3.8) is 0 Å². The Labute approximate surface area is 164 Å². The van der Waals surface area contributed by atoms with E-state index in [2.05, 4.69) is 52.8 Å². The first kappa shape index (κ1) is 16.8. The number of anilines is 2. The molecule has 5 rings (SSSR count). The molecule has 5 nitrogen and oxygen atoms in total. The number of aromatic nitrogens is 3. The van der Waals surface area contributed by atoms with E-state index in [-0.39, 0.29) is 0 Å². The number of nitrogens with one attached hydrogen (secondary N) is 1. The van der Waals surface area contributed by atoms with E-state index in [0.717, 1.165) is 47.2 Å². The van der Waals surface area contributed by atoms with Crippen molar-refractivity contribution in [1.82, 2.24) is 14.5 Å². The van der Waals surface area contributed by atoms with Gasteiger partial charge >= 0.3 is 0 Å². The largest absolute Gasteiger partial charge is 0.383 e. The summed E-state index contributed by atoms with van der Waals surface area (Å²) in [4.78, 5) is 8.86. The lowest BCUT2D eigenvalue weighted by Crippen LogP contribution is -2.05. The fraction of sp³-hybridized carbons (Fsp3) is 0.217. The Hall–Kier alpha value is -3.34. The minimum atomic E-state index is 0.333. The quantitative estimate of drug-likeness (QED) is 0.564. The Morgan fingerprint density at radius 3 is 2.89 bits per heavy atom. The maximum atomic E-state index is 6.36. The summed E-state index contributed by atoms with van der Waals surface area (Å²) in [5.74, 6) is 0.976. The normalized spacial score (nSPS) is 15.7.